The van der Waals surface area contributed by atoms with E-state index in [0.29, 0.717) is 0 Å². The highest BCUT2D eigenvalue weighted by Crippen LogP contribution is 2.21. The molecule has 0 atom stereocenters. The average Bonchev–Trinajstić information content (AvgIpc) is 2.47. The Labute approximate surface area is 145 Å². The molecule has 6 heteroatoms. The first-order chi connectivity index (χ1) is 10.7. The molecule has 0 heterocycles. The summed E-state index contributed by atoms with van der Waals surface area (Å²) in [5.74, 6) is 0. The van der Waals surface area contributed by atoms with Gasteiger partial charge in [0.25, 0.3) is 10.0 Å². The molecular formula is C17H19BrN2O2S. The largest absolute Gasteiger partial charge is 0.276 e. The van der Waals surface area contributed by atoms with Crippen LogP contribution in [-0.2, 0) is 15.4 Å². The Morgan fingerprint density at radius 1 is 1.00 bits per heavy atom. The Morgan fingerprint density at radius 2 is 1.57 bits per heavy atom. The summed E-state index contributed by atoms with van der Waals surface area (Å²) in [6, 6.07) is 14.2. The number of benzene rings is 2. The van der Waals surface area contributed by atoms with Crippen LogP contribution in [0.15, 0.2) is 63.0 Å². The second-order valence-corrected chi connectivity index (χ2v) is 8.76. The molecule has 23 heavy (non-hydrogen) atoms. The van der Waals surface area contributed by atoms with Crippen LogP contribution in [0.5, 0.6) is 0 Å². The number of hydrogen-bond acceptors (Lipinski definition) is 3. The number of rotatable bonds is 4. The first-order valence-corrected chi connectivity index (χ1v) is 9.37. The fourth-order valence-corrected chi connectivity index (χ4v) is 2.96. The van der Waals surface area contributed by atoms with Gasteiger partial charge in [-0.1, -0.05) is 61.0 Å². The Hall–Kier alpha value is -1.66. The summed E-state index contributed by atoms with van der Waals surface area (Å²) in [4.78, 5) is 2.38. The lowest BCUT2D eigenvalue weighted by Crippen LogP contribution is -2.18. The van der Waals surface area contributed by atoms with Crippen molar-refractivity contribution in [1.82, 2.24) is 4.83 Å². The highest BCUT2D eigenvalue weighted by Gasteiger charge is 2.13. The van der Waals surface area contributed by atoms with E-state index < -0.39 is 10.0 Å². The molecule has 0 unspecified atom stereocenters. The minimum Gasteiger partial charge on any atom is -0.200 e. The van der Waals surface area contributed by atoms with Crippen molar-refractivity contribution in [2.75, 3.05) is 0 Å². The maximum absolute atomic E-state index is 12.1. The lowest BCUT2D eigenvalue weighted by atomic mass is 9.87. The van der Waals surface area contributed by atoms with E-state index >= 15 is 0 Å². The Bertz CT molecular complexity index is 790. The molecule has 0 spiro atoms. The number of hydrazone groups is 1. The highest BCUT2D eigenvalue weighted by atomic mass is 79.9. The molecule has 0 amide bonds. The summed E-state index contributed by atoms with van der Waals surface area (Å²) < 4.78 is 25.0. The van der Waals surface area contributed by atoms with Crippen LogP contribution in [0.25, 0.3) is 0 Å². The quantitative estimate of drug-likeness (QED) is 0.627. The zero-order valence-corrected chi connectivity index (χ0v) is 15.6. The van der Waals surface area contributed by atoms with Gasteiger partial charge in [0.1, 0.15) is 0 Å². The van der Waals surface area contributed by atoms with E-state index in [1.54, 1.807) is 12.1 Å². The third-order valence-electron chi connectivity index (χ3n) is 3.29. The van der Waals surface area contributed by atoms with Crippen LogP contribution < -0.4 is 4.83 Å². The van der Waals surface area contributed by atoms with Crippen LogP contribution in [0, 0.1) is 0 Å². The molecule has 2 aromatic rings. The zero-order chi connectivity index (χ0) is 17.1. The van der Waals surface area contributed by atoms with Crippen molar-refractivity contribution in [3.05, 3.63) is 64.1 Å². The summed E-state index contributed by atoms with van der Waals surface area (Å²) in [6.45, 7) is 6.42. The molecule has 0 aliphatic rings. The third-order valence-corrected chi connectivity index (χ3v) is 5.05. The van der Waals surface area contributed by atoms with Crippen molar-refractivity contribution in [3.8, 4) is 0 Å². The molecule has 2 aromatic carbocycles. The normalized spacial score (nSPS) is 12.5. The van der Waals surface area contributed by atoms with Gasteiger partial charge < -0.3 is 0 Å². The maximum Gasteiger partial charge on any atom is 0.276 e. The van der Waals surface area contributed by atoms with Crippen molar-refractivity contribution in [2.24, 2.45) is 5.10 Å². The van der Waals surface area contributed by atoms with Gasteiger partial charge in [-0.25, -0.2) is 4.83 Å². The number of nitrogens with one attached hydrogen (secondary N) is 1. The Morgan fingerprint density at radius 3 is 2.09 bits per heavy atom. The summed E-state index contributed by atoms with van der Waals surface area (Å²) >= 11 is 3.27. The van der Waals surface area contributed by atoms with Gasteiger partial charge in [-0.2, -0.15) is 13.5 Å². The highest BCUT2D eigenvalue weighted by molar-refractivity contribution is 9.10. The van der Waals surface area contributed by atoms with Crippen LogP contribution in [0.4, 0.5) is 0 Å². The minimum atomic E-state index is -3.65. The molecule has 0 aromatic heterocycles. The van der Waals surface area contributed by atoms with Gasteiger partial charge in [-0.05, 0) is 40.8 Å². The number of hydrogen-bond donors (Lipinski definition) is 1. The van der Waals surface area contributed by atoms with Gasteiger partial charge in [-0.3, -0.25) is 0 Å². The first-order valence-electron chi connectivity index (χ1n) is 7.09. The van der Waals surface area contributed by atoms with E-state index in [1.807, 2.05) is 24.3 Å². The van der Waals surface area contributed by atoms with Crippen LogP contribution in [0.2, 0.25) is 0 Å². The molecule has 0 fully saturated rings. The Kier molecular flexibility index (Phi) is 5.26. The molecule has 1 N–H and O–H groups in total. The van der Waals surface area contributed by atoms with Crippen molar-refractivity contribution < 1.29 is 8.42 Å². The standard InChI is InChI=1S/C17H19BrN2O2S/c1-17(2,3)14-6-4-13(5-7-14)12-19-20-23(21,22)16-10-8-15(18)9-11-16/h4-12,20H,1-3H3/b19-12-. The molecule has 0 saturated carbocycles. The molecule has 0 aliphatic carbocycles. The molecular weight excluding hydrogens is 376 g/mol. The molecule has 2 rings (SSSR count). The average molecular weight is 395 g/mol. The lowest BCUT2D eigenvalue weighted by Gasteiger charge is -2.18. The van der Waals surface area contributed by atoms with E-state index in [-0.39, 0.29) is 10.3 Å². The van der Waals surface area contributed by atoms with Gasteiger partial charge in [-0.15, -0.1) is 0 Å². The van der Waals surface area contributed by atoms with Crippen LogP contribution in [0.3, 0.4) is 0 Å². The summed E-state index contributed by atoms with van der Waals surface area (Å²) in [6.07, 6.45) is 1.49. The number of halogens is 1. The predicted octanol–water partition coefficient (Wildman–Crippen LogP) is 4.06. The molecule has 0 saturated heterocycles. The topological polar surface area (TPSA) is 58.5 Å². The Balaban J connectivity index is 2.07. The predicted molar refractivity (Wildman–Crippen MR) is 97.2 cm³/mol. The third kappa shape index (κ3) is 4.91. The zero-order valence-electron chi connectivity index (χ0n) is 13.2. The van der Waals surface area contributed by atoms with E-state index in [4.69, 9.17) is 0 Å². The van der Waals surface area contributed by atoms with Gasteiger partial charge in [0.15, 0.2) is 0 Å². The lowest BCUT2D eigenvalue weighted by molar-refractivity contribution is 0.584. The minimum absolute atomic E-state index is 0.0822. The SMILES string of the molecule is CC(C)(C)c1ccc(/C=N\NS(=O)(=O)c2ccc(Br)cc2)cc1. The van der Waals surface area contributed by atoms with Crippen LogP contribution in [-0.4, -0.2) is 14.6 Å². The van der Waals surface area contributed by atoms with Gasteiger partial charge in [0.2, 0.25) is 0 Å². The van der Waals surface area contributed by atoms with E-state index in [0.717, 1.165) is 10.0 Å². The van der Waals surface area contributed by atoms with Crippen molar-refractivity contribution >= 4 is 32.2 Å². The van der Waals surface area contributed by atoms with Crippen molar-refractivity contribution in [1.29, 1.82) is 0 Å². The maximum atomic E-state index is 12.1. The van der Waals surface area contributed by atoms with Crippen molar-refractivity contribution in [2.45, 2.75) is 31.1 Å². The van der Waals surface area contributed by atoms with Gasteiger partial charge >= 0.3 is 0 Å². The molecule has 122 valence electrons. The second kappa shape index (κ2) is 6.84. The number of nitrogens with zero attached hydrogens (tertiary/aromatic N) is 1. The van der Waals surface area contributed by atoms with Crippen LogP contribution >= 0.6 is 15.9 Å². The molecule has 0 bridgehead atoms. The smallest absolute Gasteiger partial charge is 0.200 e. The molecule has 0 radical (unpaired) electrons. The first kappa shape index (κ1) is 17.7. The van der Waals surface area contributed by atoms with E-state index in [1.165, 1.54) is 23.9 Å². The molecule has 0 aliphatic heterocycles. The summed E-state index contributed by atoms with van der Waals surface area (Å²) in [5.41, 5.74) is 2.13. The van der Waals surface area contributed by atoms with Gasteiger partial charge in [0.05, 0.1) is 11.1 Å². The van der Waals surface area contributed by atoms with E-state index in [2.05, 4.69) is 46.6 Å². The monoisotopic (exact) mass is 394 g/mol. The summed E-state index contributed by atoms with van der Waals surface area (Å²) in [7, 11) is -3.65. The second-order valence-electron chi connectivity index (χ2n) is 6.18. The molecule has 4 nitrogen and oxygen atoms in total. The fraction of sp³-hybridized carbons (Fsp3) is 0.235. The summed E-state index contributed by atoms with van der Waals surface area (Å²) in [5, 5.41) is 3.83. The van der Waals surface area contributed by atoms with Crippen molar-refractivity contribution in [3.63, 3.8) is 0 Å². The number of sulfonamides is 1. The fourth-order valence-electron chi connectivity index (χ4n) is 1.91. The van der Waals surface area contributed by atoms with E-state index in [9.17, 15) is 8.42 Å². The van der Waals surface area contributed by atoms with Gasteiger partial charge in [0, 0.05) is 4.47 Å². The van der Waals surface area contributed by atoms with Crippen LogP contribution in [0.1, 0.15) is 31.9 Å².